The molecule has 0 saturated carbocycles. The molecule has 0 aliphatic rings. The van der Waals surface area contributed by atoms with Crippen LogP contribution in [0.2, 0.25) is 0 Å². The molecule has 5 nitrogen and oxygen atoms in total. The number of anilines is 1. The van der Waals surface area contributed by atoms with Gasteiger partial charge in [-0.2, -0.15) is 0 Å². The molecule has 6 heteroatoms. The number of nitrogens with zero attached hydrogens (tertiary/aromatic N) is 1. The Kier molecular flexibility index (Phi) is 4.23. The lowest BCUT2D eigenvalue weighted by Crippen LogP contribution is -2.02. The Bertz CT molecular complexity index is 862. The number of nitrogen functional groups attached to an aromatic ring is 1. The van der Waals surface area contributed by atoms with E-state index in [9.17, 15) is 8.42 Å². The van der Waals surface area contributed by atoms with E-state index in [1.165, 1.54) is 18.4 Å². The van der Waals surface area contributed by atoms with Crippen molar-refractivity contribution in [2.24, 2.45) is 0 Å². The molecule has 3 N–H and O–H groups in total. The van der Waals surface area contributed by atoms with Crippen molar-refractivity contribution in [3.05, 3.63) is 54.0 Å². The van der Waals surface area contributed by atoms with Gasteiger partial charge in [-0.3, -0.25) is 4.98 Å². The number of allylic oxidation sites excluding steroid dienone is 2. The van der Waals surface area contributed by atoms with Gasteiger partial charge in [0.25, 0.3) is 0 Å². The van der Waals surface area contributed by atoms with Crippen LogP contribution >= 0.6 is 0 Å². The van der Waals surface area contributed by atoms with Gasteiger partial charge in [0.05, 0.1) is 27.7 Å². The molecule has 0 spiro atoms. The fraction of sp³-hybridized carbons (Fsp3) is 0.188. The highest BCUT2D eigenvalue weighted by atomic mass is 32.2. The van der Waals surface area contributed by atoms with Gasteiger partial charge in [-0.05, 0) is 37.6 Å². The minimum atomic E-state index is -3.37. The van der Waals surface area contributed by atoms with Crippen molar-refractivity contribution in [2.45, 2.75) is 13.8 Å². The number of aromatic nitrogens is 2. The minimum Gasteiger partial charge on any atom is -0.397 e. The molecule has 0 aliphatic carbocycles. The van der Waals surface area contributed by atoms with Gasteiger partial charge in [0.2, 0.25) is 0 Å². The average molecular weight is 317 g/mol. The Morgan fingerprint density at radius 3 is 2.59 bits per heavy atom. The fourth-order valence-corrected chi connectivity index (χ4v) is 3.16. The number of rotatable bonds is 4. The van der Waals surface area contributed by atoms with Gasteiger partial charge in [-0.1, -0.05) is 12.7 Å². The maximum absolute atomic E-state index is 12.0. The Hall–Kier alpha value is -2.34. The summed E-state index contributed by atoms with van der Waals surface area (Å²) in [6, 6.07) is 3.61. The maximum Gasteiger partial charge on any atom is 0.177 e. The maximum atomic E-state index is 12.0. The molecule has 2 aromatic rings. The molecule has 0 saturated heterocycles. The van der Waals surface area contributed by atoms with E-state index in [0.29, 0.717) is 11.4 Å². The number of hydrogen-bond donors (Lipinski definition) is 2. The van der Waals surface area contributed by atoms with Crippen molar-refractivity contribution in [1.29, 1.82) is 0 Å². The van der Waals surface area contributed by atoms with E-state index in [1.54, 1.807) is 12.3 Å². The molecule has 0 amide bonds. The number of sulfone groups is 1. The van der Waals surface area contributed by atoms with E-state index in [0.717, 1.165) is 22.5 Å². The van der Waals surface area contributed by atoms with Crippen molar-refractivity contribution in [3.8, 4) is 11.3 Å². The number of nitrogens with one attached hydrogen (secondary N) is 1. The van der Waals surface area contributed by atoms with Crippen LogP contribution in [0.25, 0.3) is 16.2 Å². The van der Waals surface area contributed by atoms with Gasteiger partial charge in [0.15, 0.2) is 9.84 Å². The minimum absolute atomic E-state index is 0.207. The Labute approximate surface area is 130 Å². The Morgan fingerprint density at radius 2 is 2.05 bits per heavy atom. The lowest BCUT2D eigenvalue weighted by molar-refractivity contribution is 0.611. The van der Waals surface area contributed by atoms with Gasteiger partial charge < -0.3 is 10.7 Å². The zero-order chi connectivity index (χ0) is 16.5. The van der Waals surface area contributed by atoms with Gasteiger partial charge in [-0.15, -0.1) is 0 Å². The molecule has 0 fully saturated rings. The zero-order valence-electron chi connectivity index (χ0n) is 12.8. The molecule has 2 rings (SSSR count). The average Bonchev–Trinajstić information content (AvgIpc) is 2.79. The van der Waals surface area contributed by atoms with Gasteiger partial charge in [-0.25, -0.2) is 8.42 Å². The van der Waals surface area contributed by atoms with Crippen LogP contribution in [0.5, 0.6) is 0 Å². The number of H-pyrrole nitrogens is 1. The molecule has 0 aromatic carbocycles. The summed E-state index contributed by atoms with van der Waals surface area (Å²) in [5, 5.41) is 0. The number of aromatic amines is 1. The molecule has 0 atom stereocenters. The van der Waals surface area contributed by atoms with Crippen LogP contribution in [0.3, 0.4) is 0 Å². The molecule has 0 aliphatic heterocycles. The van der Waals surface area contributed by atoms with Crippen LogP contribution in [0.1, 0.15) is 17.0 Å². The number of aryl methyl sites for hydroxylation is 1. The first-order valence-electron chi connectivity index (χ1n) is 6.70. The normalized spacial score (nSPS) is 12.4. The highest BCUT2D eigenvalue weighted by molar-refractivity contribution is 8.00. The highest BCUT2D eigenvalue weighted by Gasteiger charge is 2.20. The van der Waals surface area contributed by atoms with Crippen molar-refractivity contribution >= 4 is 20.4 Å². The van der Waals surface area contributed by atoms with E-state index < -0.39 is 9.84 Å². The zero-order valence-corrected chi connectivity index (χ0v) is 13.7. The van der Waals surface area contributed by atoms with Crippen molar-refractivity contribution in [1.82, 2.24) is 9.97 Å². The van der Waals surface area contributed by atoms with E-state index in [4.69, 9.17) is 5.73 Å². The second kappa shape index (κ2) is 5.81. The lowest BCUT2D eigenvalue weighted by atomic mass is 10.1. The van der Waals surface area contributed by atoms with Gasteiger partial charge in [0.1, 0.15) is 0 Å². The van der Waals surface area contributed by atoms with Crippen LogP contribution in [0.15, 0.2) is 37.1 Å². The first-order chi connectivity index (χ1) is 10.3. The SMILES string of the molecule is C=C/C=C(\c1[nH]cc(-c2ccc(N)c(C)n2)c1C)S(C)(=O)=O. The molecular weight excluding hydrogens is 298 g/mol. The summed E-state index contributed by atoms with van der Waals surface area (Å²) in [6.45, 7) is 7.27. The summed E-state index contributed by atoms with van der Waals surface area (Å²) in [5.41, 5.74) is 10.1. The molecule has 2 heterocycles. The third-order valence-corrected chi connectivity index (χ3v) is 4.60. The van der Waals surface area contributed by atoms with Crippen LogP contribution in [0.4, 0.5) is 5.69 Å². The van der Waals surface area contributed by atoms with Crippen LogP contribution < -0.4 is 5.73 Å². The second-order valence-corrected chi connectivity index (χ2v) is 7.10. The number of nitrogens with two attached hydrogens (primary N) is 1. The van der Waals surface area contributed by atoms with Crippen molar-refractivity contribution in [3.63, 3.8) is 0 Å². The molecule has 116 valence electrons. The van der Waals surface area contributed by atoms with Gasteiger partial charge in [0, 0.05) is 18.0 Å². The number of pyridine rings is 1. The topological polar surface area (TPSA) is 88.8 Å². The predicted octanol–water partition coefficient (Wildman–Crippen LogP) is 2.85. The van der Waals surface area contributed by atoms with E-state index >= 15 is 0 Å². The monoisotopic (exact) mass is 317 g/mol. The van der Waals surface area contributed by atoms with Gasteiger partial charge >= 0.3 is 0 Å². The first kappa shape index (κ1) is 16.0. The van der Waals surface area contributed by atoms with Crippen LogP contribution in [0, 0.1) is 13.8 Å². The summed E-state index contributed by atoms with van der Waals surface area (Å²) < 4.78 is 23.9. The van der Waals surface area contributed by atoms with Crippen molar-refractivity contribution in [2.75, 3.05) is 12.0 Å². The van der Waals surface area contributed by atoms with E-state index in [1.807, 2.05) is 19.9 Å². The smallest absolute Gasteiger partial charge is 0.177 e. The Morgan fingerprint density at radius 1 is 1.36 bits per heavy atom. The fourth-order valence-electron chi connectivity index (χ4n) is 2.24. The van der Waals surface area contributed by atoms with Crippen molar-refractivity contribution < 1.29 is 8.42 Å². The summed E-state index contributed by atoms with van der Waals surface area (Å²) in [5.74, 6) is 0. The largest absolute Gasteiger partial charge is 0.397 e. The molecular formula is C16H19N3O2S. The standard InChI is InChI=1S/C16H19N3O2S/c1-5-6-15(22(4,20)21)16-10(2)12(9-18-16)14-8-7-13(17)11(3)19-14/h5-9,18H,1,17H2,2-4H3/b15-6+. The van der Waals surface area contributed by atoms with E-state index in [2.05, 4.69) is 16.5 Å². The predicted molar refractivity (Wildman–Crippen MR) is 90.9 cm³/mol. The summed E-state index contributed by atoms with van der Waals surface area (Å²) in [7, 11) is -3.37. The molecule has 0 radical (unpaired) electrons. The number of hydrogen-bond acceptors (Lipinski definition) is 4. The Balaban J connectivity index is 2.60. The third kappa shape index (κ3) is 2.96. The highest BCUT2D eigenvalue weighted by Crippen LogP contribution is 2.31. The second-order valence-electron chi connectivity index (χ2n) is 5.11. The third-order valence-electron chi connectivity index (χ3n) is 3.46. The van der Waals surface area contributed by atoms with E-state index in [-0.39, 0.29) is 4.91 Å². The first-order valence-corrected chi connectivity index (χ1v) is 8.59. The lowest BCUT2D eigenvalue weighted by Gasteiger charge is -2.06. The molecule has 0 unspecified atom stereocenters. The molecule has 22 heavy (non-hydrogen) atoms. The molecule has 0 bridgehead atoms. The summed E-state index contributed by atoms with van der Waals surface area (Å²) in [4.78, 5) is 7.69. The summed E-state index contributed by atoms with van der Waals surface area (Å²) >= 11 is 0. The summed E-state index contributed by atoms with van der Waals surface area (Å²) in [6.07, 6.45) is 5.88. The quantitative estimate of drug-likeness (QED) is 0.849. The van der Waals surface area contributed by atoms with Crippen LogP contribution in [-0.4, -0.2) is 24.6 Å². The molecule has 2 aromatic heterocycles. The van der Waals surface area contributed by atoms with Crippen LogP contribution in [-0.2, 0) is 9.84 Å².